The summed E-state index contributed by atoms with van der Waals surface area (Å²) in [6, 6.07) is 0. The molecule has 0 saturated carbocycles. The van der Waals surface area contributed by atoms with Crippen LogP contribution in [-0.4, -0.2) is 15.8 Å². The Hall–Kier alpha value is 0.170. The van der Waals surface area contributed by atoms with Gasteiger partial charge in [-0.15, -0.1) is 0 Å². The number of carbonyl (C=O) groups excluding carboxylic acids is 1. The van der Waals surface area contributed by atoms with E-state index in [1.54, 1.807) is 13.8 Å². The number of halogens is 2. The summed E-state index contributed by atoms with van der Waals surface area (Å²) >= 11 is 6.46. The van der Waals surface area contributed by atoms with Crippen molar-refractivity contribution in [3.05, 3.63) is 12.2 Å². The molecule has 64 valence electrons. The summed E-state index contributed by atoms with van der Waals surface area (Å²) in [4.78, 5) is 11.0. The summed E-state index contributed by atoms with van der Waals surface area (Å²) in [5.74, 6) is -0.385. The Bertz CT molecular complexity index is 170. The molecule has 0 aromatic rings. The molecule has 0 fully saturated rings. The molecule has 0 aromatic carbocycles. The van der Waals surface area contributed by atoms with Crippen molar-refractivity contribution in [3.8, 4) is 0 Å². The maximum Gasteiger partial charge on any atom is 0.335 e. The molecule has 4 heteroatoms. The maximum atomic E-state index is 11.0. The van der Waals surface area contributed by atoms with Crippen molar-refractivity contribution in [2.24, 2.45) is 0 Å². The molecule has 2 nitrogen and oxygen atoms in total. The van der Waals surface area contributed by atoms with E-state index in [1.165, 1.54) is 0 Å². The third kappa shape index (κ3) is 3.91. The number of alkyl halides is 2. The number of hydrogen-bond acceptors (Lipinski definition) is 2. The van der Waals surface area contributed by atoms with Crippen molar-refractivity contribution in [2.45, 2.75) is 17.1 Å². The summed E-state index contributed by atoms with van der Waals surface area (Å²) in [5.41, 5.74) is 0.361. The van der Waals surface area contributed by atoms with Crippen LogP contribution in [0.4, 0.5) is 0 Å². The first kappa shape index (κ1) is 11.2. The van der Waals surface area contributed by atoms with Crippen LogP contribution in [0.2, 0.25) is 0 Å². The summed E-state index contributed by atoms with van der Waals surface area (Å²) in [6.45, 7) is 7.47. The lowest BCUT2D eigenvalue weighted by Gasteiger charge is -2.15. The molecule has 0 aliphatic heterocycles. The number of hydrogen-bond donors (Lipinski definition) is 0. The zero-order chi connectivity index (χ0) is 9.07. The molecule has 0 aliphatic carbocycles. The average molecular weight is 286 g/mol. The average Bonchev–Trinajstić information content (AvgIpc) is 1.85. The second-order valence-corrected chi connectivity index (χ2v) is 6.32. The second kappa shape index (κ2) is 4.26. The first-order valence-electron chi connectivity index (χ1n) is 3.14. The number of rotatable bonds is 3. The lowest BCUT2D eigenvalue weighted by Crippen LogP contribution is -2.19. The van der Waals surface area contributed by atoms with Crippen LogP contribution in [0.5, 0.6) is 0 Å². The Balaban J connectivity index is 4.15. The molecule has 0 rings (SSSR count). The van der Waals surface area contributed by atoms with Crippen molar-refractivity contribution in [1.82, 2.24) is 0 Å². The van der Waals surface area contributed by atoms with E-state index in [-0.39, 0.29) is 5.97 Å². The minimum Gasteiger partial charge on any atom is -0.463 e. The van der Waals surface area contributed by atoms with Crippen LogP contribution >= 0.6 is 31.9 Å². The molecule has 0 saturated heterocycles. The van der Waals surface area contributed by atoms with Crippen LogP contribution in [0.1, 0.15) is 13.8 Å². The van der Waals surface area contributed by atoms with Crippen molar-refractivity contribution in [2.75, 3.05) is 6.61 Å². The fourth-order valence-electron chi connectivity index (χ4n) is 0.397. The highest BCUT2D eigenvalue weighted by Crippen LogP contribution is 2.33. The molecular weight excluding hydrogens is 276 g/mol. The minimum absolute atomic E-state index is 0.361. The summed E-state index contributed by atoms with van der Waals surface area (Å²) in [6.07, 6.45) is 0. The van der Waals surface area contributed by atoms with Crippen LogP contribution in [-0.2, 0) is 9.53 Å². The highest BCUT2D eigenvalue weighted by molar-refractivity contribution is 9.25. The van der Waals surface area contributed by atoms with Crippen LogP contribution in [0.3, 0.4) is 0 Å². The largest absolute Gasteiger partial charge is 0.463 e. The Morgan fingerprint density at radius 1 is 1.64 bits per heavy atom. The molecule has 0 atom stereocenters. The number of esters is 1. The van der Waals surface area contributed by atoms with Gasteiger partial charge in [-0.3, -0.25) is 0 Å². The summed E-state index contributed by atoms with van der Waals surface area (Å²) in [7, 11) is 0. The van der Waals surface area contributed by atoms with Gasteiger partial charge in [0.2, 0.25) is 0 Å². The molecule has 0 amide bonds. The Morgan fingerprint density at radius 3 is 2.36 bits per heavy atom. The molecule has 0 aliphatic rings. The fraction of sp³-hybridized carbons (Fsp3) is 0.571. The van der Waals surface area contributed by atoms with Crippen molar-refractivity contribution in [1.29, 1.82) is 0 Å². The van der Waals surface area contributed by atoms with Gasteiger partial charge in [0.25, 0.3) is 0 Å². The molecule has 11 heavy (non-hydrogen) atoms. The first-order chi connectivity index (χ1) is 4.89. The van der Waals surface area contributed by atoms with Crippen molar-refractivity contribution < 1.29 is 9.53 Å². The summed E-state index contributed by atoms with van der Waals surface area (Å²) in [5, 5.41) is 0. The smallest absolute Gasteiger partial charge is 0.335 e. The molecule has 0 spiro atoms. The van der Waals surface area contributed by atoms with Gasteiger partial charge in [-0.2, -0.15) is 0 Å². The fourth-order valence-corrected chi connectivity index (χ4v) is 0.721. The lowest BCUT2D eigenvalue weighted by atomic mass is 10.2. The Kier molecular flexibility index (Phi) is 4.32. The second-order valence-electron chi connectivity index (χ2n) is 2.09. The SMILES string of the molecule is C=C(C(=O)OCC)C(C)(Br)Br. The highest BCUT2D eigenvalue weighted by atomic mass is 79.9. The van der Waals surface area contributed by atoms with Gasteiger partial charge in [0.05, 0.1) is 12.2 Å². The van der Waals surface area contributed by atoms with Crippen LogP contribution < -0.4 is 0 Å². The van der Waals surface area contributed by atoms with Gasteiger partial charge in [0.15, 0.2) is 0 Å². The molecular formula is C7H10Br2O2. The van der Waals surface area contributed by atoms with Gasteiger partial charge in [-0.25, -0.2) is 4.79 Å². The van der Waals surface area contributed by atoms with Gasteiger partial charge in [-0.05, 0) is 13.8 Å². The Morgan fingerprint density at radius 2 is 2.09 bits per heavy atom. The van der Waals surface area contributed by atoms with Gasteiger partial charge in [0.1, 0.15) is 3.23 Å². The van der Waals surface area contributed by atoms with E-state index >= 15 is 0 Å². The number of ether oxygens (including phenoxy) is 1. The van der Waals surface area contributed by atoms with E-state index in [0.29, 0.717) is 12.2 Å². The van der Waals surface area contributed by atoms with Crippen molar-refractivity contribution in [3.63, 3.8) is 0 Å². The maximum absolute atomic E-state index is 11.0. The number of carbonyl (C=O) groups is 1. The van der Waals surface area contributed by atoms with Gasteiger partial charge in [-0.1, -0.05) is 38.4 Å². The van der Waals surface area contributed by atoms with E-state index in [0.717, 1.165) is 0 Å². The lowest BCUT2D eigenvalue weighted by molar-refractivity contribution is -0.138. The monoisotopic (exact) mass is 284 g/mol. The topological polar surface area (TPSA) is 26.3 Å². The first-order valence-corrected chi connectivity index (χ1v) is 4.72. The van der Waals surface area contributed by atoms with E-state index in [9.17, 15) is 4.79 Å². The van der Waals surface area contributed by atoms with Gasteiger partial charge >= 0.3 is 5.97 Å². The summed E-state index contributed by atoms with van der Waals surface area (Å²) < 4.78 is 4.17. The van der Waals surface area contributed by atoms with Gasteiger partial charge < -0.3 is 4.74 Å². The molecule has 0 bridgehead atoms. The third-order valence-corrected chi connectivity index (χ3v) is 2.01. The Labute approximate surface area is 83.2 Å². The van der Waals surface area contributed by atoms with Crippen LogP contribution in [0.15, 0.2) is 12.2 Å². The molecule has 0 N–H and O–H groups in total. The minimum atomic E-state index is -0.563. The van der Waals surface area contributed by atoms with E-state index in [2.05, 4.69) is 38.4 Å². The third-order valence-electron chi connectivity index (χ3n) is 1.05. The molecule has 0 aromatic heterocycles. The van der Waals surface area contributed by atoms with E-state index < -0.39 is 3.23 Å². The predicted octanol–water partition coefficient (Wildman–Crippen LogP) is 2.61. The highest BCUT2D eigenvalue weighted by Gasteiger charge is 2.26. The van der Waals surface area contributed by atoms with Crippen molar-refractivity contribution >= 4 is 37.8 Å². The van der Waals surface area contributed by atoms with Crippen LogP contribution in [0, 0.1) is 0 Å². The zero-order valence-corrected chi connectivity index (χ0v) is 9.66. The predicted molar refractivity (Wildman–Crippen MR) is 52.0 cm³/mol. The van der Waals surface area contributed by atoms with E-state index in [1.807, 2.05) is 0 Å². The molecule has 0 heterocycles. The standard InChI is InChI=1S/C7H10Br2O2/c1-4-11-6(10)5(2)7(3,8)9/h2,4H2,1,3H3. The van der Waals surface area contributed by atoms with E-state index in [4.69, 9.17) is 4.74 Å². The quantitative estimate of drug-likeness (QED) is 0.453. The molecule has 0 radical (unpaired) electrons. The molecule has 0 unspecified atom stereocenters. The normalized spacial score (nSPS) is 10.9. The van der Waals surface area contributed by atoms with Crippen LogP contribution in [0.25, 0.3) is 0 Å². The van der Waals surface area contributed by atoms with Gasteiger partial charge in [0, 0.05) is 0 Å². The zero-order valence-electron chi connectivity index (χ0n) is 6.49.